The van der Waals surface area contributed by atoms with Crippen molar-refractivity contribution in [2.75, 3.05) is 40.5 Å². The van der Waals surface area contributed by atoms with E-state index in [9.17, 15) is 9.69 Å². The normalized spacial score (nSPS) is 13.2. The Hall–Kier alpha value is -0.460. The first-order valence-corrected chi connectivity index (χ1v) is 15.9. The summed E-state index contributed by atoms with van der Waals surface area (Å²) in [5, 5.41) is 0. The van der Waals surface area contributed by atoms with Gasteiger partial charge in [0, 0.05) is 6.54 Å². The van der Waals surface area contributed by atoms with Crippen LogP contribution < -0.4 is 0 Å². The van der Waals surface area contributed by atoms with Gasteiger partial charge in [-0.15, -0.1) is 0 Å². The topological polar surface area (TPSA) is 77.5 Å². The zero-order chi connectivity index (χ0) is 26.7. The molecule has 7 nitrogen and oxygen atoms in total. The van der Waals surface area contributed by atoms with Gasteiger partial charge in [0.25, 0.3) is 0 Å². The highest BCUT2D eigenvalue weighted by Crippen LogP contribution is 2.33. The first kappa shape index (κ1) is 35.5. The summed E-state index contributed by atoms with van der Waals surface area (Å²) in [5.41, 5.74) is 0. The maximum Gasteiger partial charge on any atom is 0.508 e. The van der Waals surface area contributed by atoms with E-state index in [-0.39, 0.29) is 13.2 Å². The summed E-state index contributed by atoms with van der Waals surface area (Å²) in [4.78, 5) is 23.6. The SMILES string of the molecule is CCCCCCCCCCCCCCCCCCCC(COP(O)OCCN(C)C)OC(=O)OCC. The van der Waals surface area contributed by atoms with Crippen molar-refractivity contribution in [3.05, 3.63) is 0 Å². The predicted octanol–water partition coefficient (Wildman–Crippen LogP) is 8.38. The van der Waals surface area contributed by atoms with Crippen LogP contribution in [0, 0.1) is 0 Å². The van der Waals surface area contributed by atoms with Crippen molar-refractivity contribution in [3.8, 4) is 0 Å². The zero-order valence-electron chi connectivity index (χ0n) is 24.0. The van der Waals surface area contributed by atoms with Crippen molar-refractivity contribution in [1.29, 1.82) is 0 Å². The van der Waals surface area contributed by atoms with E-state index in [0.29, 0.717) is 19.6 Å². The second kappa shape index (κ2) is 27.6. The highest BCUT2D eigenvalue weighted by atomic mass is 31.2. The molecule has 0 saturated heterocycles. The predicted molar refractivity (Wildman–Crippen MR) is 150 cm³/mol. The summed E-state index contributed by atoms with van der Waals surface area (Å²) < 4.78 is 20.9. The number of hydrogen-bond acceptors (Lipinski definition) is 7. The van der Waals surface area contributed by atoms with Crippen LogP contribution in [0.1, 0.15) is 129 Å². The van der Waals surface area contributed by atoms with Crippen LogP contribution in [0.2, 0.25) is 0 Å². The van der Waals surface area contributed by atoms with Gasteiger partial charge in [0.2, 0.25) is 0 Å². The summed E-state index contributed by atoms with van der Waals surface area (Å²) in [7, 11) is 1.90. The van der Waals surface area contributed by atoms with Crippen molar-refractivity contribution in [1.82, 2.24) is 4.90 Å². The van der Waals surface area contributed by atoms with E-state index in [1.54, 1.807) is 6.92 Å². The first-order chi connectivity index (χ1) is 17.5. The van der Waals surface area contributed by atoms with Gasteiger partial charge in [-0.2, -0.15) is 0 Å². The smallest absolute Gasteiger partial charge is 0.435 e. The molecule has 36 heavy (non-hydrogen) atoms. The highest BCUT2D eigenvalue weighted by molar-refractivity contribution is 7.40. The molecule has 0 heterocycles. The molecule has 0 aromatic heterocycles. The van der Waals surface area contributed by atoms with Gasteiger partial charge < -0.3 is 28.3 Å². The molecule has 0 bridgehead atoms. The number of unbranched alkanes of at least 4 members (excludes halogenated alkanes) is 16. The van der Waals surface area contributed by atoms with Crippen molar-refractivity contribution < 1.29 is 28.2 Å². The van der Waals surface area contributed by atoms with Crippen molar-refractivity contribution in [2.24, 2.45) is 0 Å². The van der Waals surface area contributed by atoms with Gasteiger partial charge in [-0.25, -0.2) is 4.79 Å². The van der Waals surface area contributed by atoms with Gasteiger partial charge in [0.05, 0.1) is 19.8 Å². The second-order valence-corrected chi connectivity index (χ2v) is 11.0. The molecule has 0 aromatic rings. The van der Waals surface area contributed by atoms with Crippen LogP contribution >= 0.6 is 8.60 Å². The largest absolute Gasteiger partial charge is 0.508 e. The fourth-order valence-corrected chi connectivity index (χ4v) is 4.65. The Morgan fingerprint density at radius 1 is 0.750 bits per heavy atom. The van der Waals surface area contributed by atoms with Crippen molar-refractivity contribution in [2.45, 2.75) is 136 Å². The van der Waals surface area contributed by atoms with Crippen LogP contribution in [0.3, 0.4) is 0 Å². The second-order valence-electron chi connectivity index (χ2n) is 10.0. The molecule has 2 atom stereocenters. The first-order valence-electron chi connectivity index (χ1n) is 14.7. The van der Waals surface area contributed by atoms with E-state index in [1.165, 1.54) is 96.3 Å². The fourth-order valence-electron chi connectivity index (χ4n) is 4.05. The number of rotatable bonds is 27. The molecule has 0 aliphatic rings. The van der Waals surface area contributed by atoms with Gasteiger partial charge in [0.15, 0.2) is 0 Å². The molecule has 0 rings (SSSR count). The molecular formula is C28H58NO6P. The Kier molecular flexibility index (Phi) is 27.2. The minimum absolute atomic E-state index is 0.113. The lowest BCUT2D eigenvalue weighted by Crippen LogP contribution is -2.24. The lowest BCUT2D eigenvalue weighted by atomic mass is 10.0. The molecule has 0 saturated carbocycles. The maximum atomic E-state index is 11.7. The van der Waals surface area contributed by atoms with E-state index < -0.39 is 20.9 Å². The van der Waals surface area contributed by atoms with Crippen LogP contribution in [0.15, 0.2) is 0 Å². The number of carbonyl (C=O) groups is 1. The summed E-state index contributed by atoms with van der Waals surface area (Å²) in [6.45, 7) is 5.49. The molecule has 0 aromatic carbocycles. The van der Waals surface area contributed by atoms with Crippen LogP contribution in [0.25, 0.3) is 0 Å². The molecule has 216 valence electrons. The Morgan fingerprint density at radius 3 is 1.67 bits per heavy atom. The standard InChI is InChI=1S/C28H58NO6P/c1-5-7-8-9-10-11-12-13-14-15-16-17-18-19-20-21-22-23-27(35-28(30)32-6-2)26-34-36(31)33-25-24-29(3)4/h27,31H,5-26H2,1-4H3. The molecule has 8 heteroatoms. The number of ether oxygens (including phenoxy) is 2. The van der Waals surface area contributed by atoms with Crippen LogP contribution in [0.4, 0.5) is 4.79 Å². The van der Waals surface area contributed by atoms with E-state index in [2.05, 4.69) is 6.92 Å². The number of hydrogen-bond donors (Lipinski definition) is 1. The Labute approximate surface area is 224 Å². The van der Waals surface area contributed by atoms with Gasteiger partial charge in [0.1, 0.15) is 6.10 Å². The van der Waals surface area contributed by atoms with E-state index >= 15 is 0 Å². The van der Waals surface area contributed by atoms with Gasteiger partial charge in [-0.3, -0.25) is 0 Å². The molecule has 0 aliphatic heterocycles. The van der Waals surface area contributed by atoms with Crippen LogP contribution in [-0.2, 0) is 18.5 Å². The number of likely N-dealkylation sites (N-methyl/N-ethyl adjacent to an activating group) is 1. The lowest BCUT2D eigenvalue weighted by molar-refractivity contribution is 0.00232. The maximum absolute atomic E-state index is 11.7. The van der Waals surface area contributed by atoms with Crippen molar-refractivity contribution in [3.63, 3.8) is 0 Å². The third kappa shape index (κ3) is 26.6. The third-order valence-corrected chi connectivity index (χ3v) is 7.04. The average Bonchev–Trinajstić information content (AvgIpc) is 2.84. The minimum atomic E-state index is -1.98. The van der Waals surface area contributed by atoms with Gasteiger partial charge in [-0.1, -0.05) is 110 Å². The molecule has 0 aliphatic carbocycles. The molecule has 2 unspecified atom stereocenters. The Balaban J connectivity index is 3.73. The zero-order valence-corrected chi connectivity index (χ0v) is 24.9. The Morgan fingerprint density at radius 2 is 1.22 bits per heavy atom. The van der Waals surface area contributed by atoms with E-state index in [4.69, 9.17) is 18.5 Å². The summed E-state index contributed by atoms with van der Waals surface area (Å²) in [6.07, 6.45) is 22.2. The molecule has 0 fully saturated rings. The van der Waals surface area contributed by atoms with Gasteiger partial charge in [-0.05, 0) is 33.9 Å². The molecule has 0 radical (unpaired) electrons. The highest BCUT2D eigenvalue weighted by Gasteiger charge is 2.18. The molecular weight excluding hydrogens is 477 g/mol. The lowest BCUT2D eigenvalue weighted by Gasteiger charge is -2.19. The molecule has 1 N–H and O–H groups in total. The number of carbonyl (C=O) groups excluding carboxylic acids is 1. The van der Waals surface area contributed by atoms with Crippen LogP contribution in [-0.4, -0.2) is 62.5 Å². The quantitative estimate of drug-likeness (QED) is 0.0643. The third-order valence-electron chi connectivity index (χ3n) is 6.27. The number of nitrogens with zero attached hydrogens (tertiary/aromatic N) is 1. The monoisotopic (exact) mass is 535 g/mol. The van der Waals surface area contributed by atoms with E-state index in [0.717, 1.165) is 12.8 Å². The fraction of sp³-hybridized carbons (Fsp3) is 0.964. The molecule has 0 amide bonds. The summed E-state index contributed by atoms with van der Waals surface area (Å²) >= 11 is 0. The van der Waals surface area contributed by atoms with Crippen molar-refractivity contribution >= 4 is 14.8 Å². The molecule has 0 spiro atoms. The average molecular weight is 536 g/mol. The van der Waals surface area contributed by atoms with Crippen LogP contribution in [0.5, 0.6) is 0 Å². The van der Waals surface area contributed by atoms with Gasteiger partial charge >= 0.3 is 14.8 Å². The Bertz CT molecular complexity index is 469. The minimum Gasteiger partial charge on any atom is -0.435 e. The van der Waals surface area contributed by atoms with E-state index in [1.807, 2.05) is 19.0 Å². The summed E-state index contributed by atoms with van der Waals surface area (Å²) in [5.74, 6) is 0. The summed E-state index contributed by atoms with van der Waals surface area (Å²) in [6, 6.07) is 0.